The summed E-state index contributed by atoms with van der Waals surface area (Å²) < 4.78 is 10.2. The molecule has 4 amide bonds. The van der Waals surface area contributed by atoms with Crippen molar-refractivity contribution in [3.63, 3.8) is 0 Å². The average Bonchev–Trinajstić information content (AvgIpc) is 2.85. The molecule has 2 rings (SSSR count). The van der Waals surface area contributed by atoms with E-state index >= 15 is 0 Å². The molecule has 2 saturated heterocycles. The van der Waals surface area contributed by atoms with Crippen molar-refractivity contribution in [2.45, 2.75) is 78.6 Å². The Hall–Kier alpha value is -2.65. The number of rotatable bonds is 13. The number of hydrogen-bond acceptors (Lipinski definition) is 12. The van der Waals surface area contributed by atoms with Crippen molar-refractivity contribution in [3.8, 4) is 0 Å². The van der Waals surface area contributed by atoms with Gasteiger partial charge in [0.05, 0.1) is 26.2 Å². The zero-order valence-corrected chi connectivity index (χ0v) is 25.6. The van der Waals surface area contributed by atoms with Crippen LogP contribution in [0.2, 0.25) is 0 Å². The quantitative estimate of drug-likeness (QED) is 0.199. The topological polar surface area (TPSA) is 186 Å². The largest absolute Gasteiger partial charge is 0.443 e. The zero-order chi connectivity index (χ0) is 30.3. The molecule has 2 aliphatic rings. The molecule has 0 radical (unpaired) electrons. The summed E-state index contributed by atoms with van der Waals surface area (Å²) in [5, 5.41) is 0. The van der Waals surface area contributed by atoms with Gasteiger partial charge in [-0.2, -0.15) is 0 Å². The van der Waals surface area contributed by atoms with E-state index in [1.54, 1.807) is 23.6 Å². The number of nitrogens with two attached hydrogens (primary N) is 2. The van der Waals surface area contributed by atoms with E-state index in [1.165, 1.54) is 0 Å². The van der Waals surface area contributed by atoms with Gasteiger partial charge in [-0.05, 0) is 38.5 Å². The predicted molar refractivity (Wildman–Crippen MR) is 150 cm³/mol. The van der Waals surface area contributed by atoms with Crippen LogP contribution < -0.4 is 11.5 Å². The van der Waals surface area contributed by atoms with E-state index in [-0.39, 0.29) is 62.5 Å². The van der Waals surface area contributed by atoms with Gasteiger partial charge < -0.3 is 20.9 Å². The number of piperazine rings is 2. The Morgan fingerprint density at radius 2 is 0.902 bits per heavy atom. The Morgan fingerprint density at radius 1 is 0.634 bits per heavy atom. The van der Waals surface area contributed by atoms with Crippen LogP contribution in [-0.4, -0.2) is 119 Å². The van der Waals surface area contributed by atoms with Gasteiger partial charge in [0.15, 0.2) is 13.5 Å². The van der Waals surface area contributed by atoms with Crippen LogP contribution in [0, 0.1) is 11.8 Å². The van der Waals surface area contributed by atoms with Gasteiger partial charge in [0.2, 0.25) is 23.6 Å². The van der Waals surface area contributed by atoms with Gasteiger partial charge >= 0.3 is 11.9 Å². The summed E-state index contributed by atoms with van der Waals surface area (Å²) in [5.74, 6) is -3.12. The van der Waals surface area contributed by atoms with E-state index in [2.05, 4.69) is 0 Å². The van der Waals surface area contributed by atoms with Gasteiger partial charge in [-0.1, -0.05) is 27.7 Å². The van der Waals surface area contributed by atoms with Crippen LogP contribution in [0.1, 0.15) is 54.4 Å². The minimum absolute atomic E-state index is 0. The third kappa shape index (κ3) is 10.3. The molecule has 0 unspecified atom stereocenters. The molecule has 0 saturated carbocycles. The van der Waals surface area contributed by atoms with E-state index in [0.29, 0.717) is 12.8 Å². The lowest BCUT2D eigenvalue weighted by molar-refractivity contribution is -0.169. The van der Waals surface area contributed by atoms with Crippen LogP contribution >= 0.6 is 12.4 Å². The monoisotopic (exact) mass is 604 g/mol. The van der Waals surface area contributed by atoms with Crippen molar-refractivity contribution >= 4 is 48.0 Å². The second-order valence-corrected chi connectivity index (χ2v) is 11.4. The van der Waals surface area contributed by atoms with Gasteiger partial charge in [0.1, 0.15) is 12.1 Å². The number of amides is 4. The molecule has 0 aliphatic carbocycles. The number of carbonyl (C=O) groups excluding carboxylic acids is 6. The minimum atomic E-state index is -0.840. The third-order valence-electron chi connectivity index (χ3n) is 7.14. The maximum Gasteiger partial charge on any atom is 0.324 e. The maximum absolute atomic E-state index is 12.7. The first kappa shape index (κ1) is 36.4. The first-order valence-electron chi connectivity index (χ1n) is 13.6. The molecule has 4 N–H and O–H groups in total. The van der Waals surface area contributed by atoms with E-state index in [0.717, 1.165) is 9.80 Å². The molecule has 0 spiro atoms. The lowest BCUT2D eigenvalue weighted by atomic mass is 10.1. The normalized spacial score (nSPS) is 20.1. The van der Waals surface area contributed by atoms with Crippen LogP contribution in [0.15, 0.2) is 0 Å². The highest BCUT2D eigenvalue weighted by Crippen LogP contribution is 2.18. The summed E-state index contributed by atoms with van der Waals surface area (Å²) in [5.41, 5.74) is 11.6. The Balaban J connectivity index is 0.00000840. The Kier molecular flexibility index (Phi) is 14.3. The highest BCUT2D eigenvalue weighted by Gasteiger charge is 2.40. The van der Waals surface area contributed by atoms with E-state index in [9.17, 15) is 28.8 Å². The van der Waals surface area contributed by atoms with Crippen molar-refractivity contribution in [1.29, 1.82) is 0 Å². The molecule has 234 valence electrons. The first-order chi connectivity index (χ1) is 18.6. The summed E-state index contributed by atoms with van der Waals surface area (Å²) in [6, 6.07) is -2.44. The fourth-order valence-electron chi connectivity index (χ4n) is 4.58. The van der Waals surface area contributed by atoms with Gasteiger partial charge in [0.25, 0.3) is 0 Å². The molecule has 0 bridgehead atoms. The second kappa shape index (κ2) is 16.1. The smallest absolute Gasteiger partial charge is 0.324 e. The molecule has 0 aromatic rings. The van der Waals surface area contributed by atoms with Crippen molar-refractivity contribution in [2.24, 2.45) is 23.3 Å². The molecule has 15 heteroatoms. The molecular formula is C26H45ClN6O8. The molecule has 0 aromatic heterocycles. The van der Waals surface area contributed by atoms with Crippen LogP contribution in [-0.2, 0) is 38.2 Å². The molecule has 2 heterocycles. The number of halogens is 1. The average molecular weight is 605 g/mol. The van der Waals surface area contributed by atoms with Gasteiger partial charge in [-0.25, -0.2) is 9.80 Å². The molecular weight excluding hydrogens is 560 g/mol. The highest BCUT2D eigenvalue weighted by atomic mass is 35.5. The lowest BCUT2D eigenvalue weighted by Gasteiger charge is -2.43. The number of esters is 2. The lowest BCUT2D eigenvalue weighted by Crippen LogP contribution is -2.63. The highest BCUT2D eigenvalue weighted by molar-refractivity contribution is 6.00. The summed E-state index contributed by atoms with van der Waals surface area (Å²) >= 11 is 0. The molecule has 2 fully saturated rings. The zero-order valence-electron chi connectivity index (χ0n) is 24.7. The predicted octanol–water partition coefficient (Wildman–Crippen LogP) is -0.725. The maximum atomic E-state index is 12.7. The van der Waals surface area contributed by atoms with Gasteiger partial charge in [-0.3, -0.25) is 38.6 Å². The Bertz CT molecular complexity index is 868. The standard InChI is InChI=1S/C26H44N6O8.ClH/c1-15(2)7-19(27)25(37)39-13-31-21(33)9-29(10-22(31)34)17(5)18(6)30-11-23(35)32(24(36)12-30)14-40-26(38)20(28)8-16(3)4;/h15-20H,7-14,27-28H2,1-6H3;1H/t17-,18+,19-,20-;/m0./s1. The fourth-order valence-corrected chi connectivity index (χ4v) is 4.58. The molecule has 14 nitrogen and oxygen atoms in total. The summed E-state index contributed by atoms with van der Waals surface area (Å²) in [7, 11) is 0. The summed E-state index contributed by atoms with van der Waals surface area (Å²) in [6.07, 6.45) is 0.835. The minimum Gasteiger partial charge on any atom is -0.443 e. The molecule has 0 aromatic carbocycles. The van der Waals surface area contributed by atoms with Crippen LogP contribution in [0.4, 0.5) is 0 Å². The molecule has 4 atom stereocenters. The van der Waals surface area contributed by atoms with Crippen LogP contribution in [0.5, 0.6) is 0 Å². The summed E-state index contributed by atoms with van der Waals surface area (Å²) in [4.78, 5) is 80.1. The number of nitrogens with zero attached hydrogens (tertiary/aromatic N) is 4. The van der Waals surface area contributed by atoms with E-state index < -0.39 is 61.1 Å². The van der Waals surface area contributed by atoms with Crippen molar-refractivity contribution in [3.05, 3.63) is 0 Å². The summed E-state index contributed by atoms with van der Waals surface area (Å²) in [6.45, 7) is 9.80. The number of ether oxygens (including phenoxy) is 2. The van der Waals surface area contributed by atoms with Crippen LogP contribution in [0.3, 0.4) is 0 Å². The molecule has 41 heavy (non-hydrogen) atoms. The van der Waals surface area contributed by atoms with Gasteiger partial charge in [-0.15, -0.1) is 12.4 Å². The first-order valence-corrected chi connectivity index (χ1v) is 13.6. The number of imide groups is 2. The van der Waals surface area contributed by atoms with E-state index in [1.807, 2.05) is 27.7 Å². The van der Waals surface area contributed by atoms with Crippen molar-refractivity contribution < 1.29 is 38.2 Å². The SMILES string of the molecule is CC(C)C[C@H](N)C(=O)OCN1C(=O)CN([C@H](C)[C@H](C)N2CC(=O)N(COC(=O)[C@@H](N)CC(C)C)C(=O)C2)CC1=O.Cl. The van der Waals surface area contributed by atoms with Crippen molar-refractivity contribution in [1.82, 2.24) is 19.6 Å². The number of carbonyl (C=O) groups is 6. The van der Waals surface area contributed by atoms with E-state index in [4.69, 9.17) is 20.9 Å². The second-order valence-electron chi connectivity index (χ2n) is 11.4. The van der Waals surface area contributed by atoms with Crippen molar-refractivity contribution in [2.75, 3.05) is 39.6 Å². The van der Waals surface area contributed by atoms with Crippen LogP contribution in [0.25, 0.3) is 0 Å². The van der Waals surface area contributed by atoms with Gasteiger partial charge in [0, 0.05) is 12.1 Å². The molecule has 2 aliphatic heterocycles. The third-order valence-corrected chi connectivity index (χ3v) is 7.14. The Labute approximate surface area is 247 Å². The fraction of sp³-hybridized carbons (Fsp3) is 0.769. The number of hydrogen-bond donors (Lipinski definition) is 2. The Morgan fingerprint density at radius 3 is 1.15 bits per heavy atom.